The number of hydrogen-bond donors (Lipinski definition) is 0. The van der Waals surface area contributed by atoms with Crippen LogP contribution in [-0.4, -0.2) is 35.1 Å². The first kappa shape index (κ1) is 13.8. The maximum Gasteiger partial charge on any atom is 0.213 e. The molecule has 0 unspecified atom stereocenters. The first-order valence-electron chi connectivity index (χ1n) is 8.23. The van der Waals surface area contributed by atoms with E-state index in [9.17, 15) is 0 Å². The Morgan fingerprint density at radius 1 is 1.00 bits per heavy atom. The normalized spacial score (nSPS) is 30.2. The summed E-state index contributed by atoms with van der Waals surface area (Å²) < 4.78 is 6.24. The van der Waals surface area contributed by atoms with Gasteiger partial charge in [0, 0.05) is 23.9 Å². The average Bonchev–Trinajstić information content (AvgIpc) is 2.60. The number of pyridine rings is 1. The Morgan fingerprint density at radius 3 is 2.41 bits per heavy atom. The predicted molar refractivity (Wildman–Crippen MR) is 87.8 cm³/mol. The third-order valence-corrected chi connectivity index (χ3v) is 5.19. The van der Waals surface area contributed by atoms with E-state index in [-0.39, 0.29) is 6.10 Å². The maximum atomic E-state index is 6.24. The van der Waals surface area contributed by atoms with E-state index in [1.54, 1.807) is 0 Å². The fourth-order valence-electron chi connectivity index (χ4n) is 3.84. The fourth-order valence-corrected chi connectivity index (χ4v) is 3.84. The summed E-state index contributed by atoms with van der Waals surface area (Å²) in [6.07, 6.45) is 4.72. The van der Waals surface area contributed by atoms with E-state index in [1.165, 1.54) is 31.5 Å². The highest BCUT2D eigenvalue weighted by molar-refractivity contribution is 5.62. The van der Waals surface area contributed by atoms with Gasteiger partial charge in [-0.2, -0.15) is 0 Å². The highest BCUT2D eigenvalue weighted by Crippen LogP contribution is 2.34. The summed E-state index contributed by atoms with van der Waals surface area (Å²) in [7, 11) is 0. The second-order valence-electron chi connectivity index (χ2n) is 6.45. The van der Waals surface area contributed by atoms with Crippen molar-refractivity contribution in [3.63, 3.8) is 0 Å². The van der Waals surface area contributed by atoms with Crippen LogP contribution in [0.25, 0.3) is 11.1 Å². The zero-order chi connectivity index (χ0) is 14.9. The Morgan fingerprint density at radius 2 is 1.77 bits per heavy atom. The van der Waals surface area contributed by atoms with Crippen molar-refractivity contribution in [3.8, 4) is 17.0 Å². The molecular weight excluding hydrogens is 272 g/mol. The lowest BCUT2D eigenvalue weighted by Crippen LogP contribution is -2.58. The van der Waals surface area contributed by atoms with Crippen molar-refractivity contribution in [2.75, 3.05) is 13.1 Å². The van der Waals surface area contributed by atoms with Gasteiger partial charge in [-0.05, 0) is 50.4 Å². The molecule has 0 N–H and O–H groups in total. The zero-order valence-corrected chi connectivity index (χ0v) is 13.0. The highest BCUT2D eigenvalue weighted by Gasteiger charge is 2.41. The number of rotatable bonds is 3. The largest absolute Gasteiger partial charge is 0.472 e. The smallest absolute Gasteiger partial charge is 0.213 e. The average molecular weight is 294 g/mol. The Kier molecular flexibility index (Phi) is 3.59. The summed E-state index contributed by atoms with van der Waals surface area (Å²) in [6, 6.07) is 15.0. The lowest BCUT2D eigenvalue weighted by atomic mass is 9.81. The third kappa shape index (κ3) is 2.50. The Bertz CT molecular complexity index is 616. The SMILES string of the molecule is C[C@H]1[C@H](Oc2ccc(-c3ccccc3)cn2)C2CCN1CC2. The number of aromatic nitrogens is 1. The summed E-state index contributed by atoms with van der Waals surface area (Å²) >= 11 is 0. The van der Waals surface area contributed by atoms with Crippen LogP contribution in [0.1, 0.15) is 19.8 Å². The molecular formula is C19H22N2O. The number of hydrogen-bond acceptors (Lipinski definition) is 3. The quantitative estimate of drug-likeness (QED) is 0.864. The summed E-state index contributed by atoms with van der Waals surface area (Å²) in [5.41, 5.74) is 2.33. The molecule has 0 amide bonds. The van der Waals surface area contributed by atoms with Crippen LogP contribution >= 0.6 is 0 Å². The van der Waals surface area contributed by atoms with Crippen LogP contribution in [0.4, 0.5) is 0 Å². The Balaban J connectivity index is 1.50. The van der Waals surface area contributed by atoms with Gasteiger partial charge in [-0.15, -0.1) is 0 Å². The molecule has 0 radical (unpaired) electrons. The molecule has 3 aliphatic rings. The van der Waals surface area contributed by atoms with Gasteiger partial charge in [0.15, 0.2) is 0 Å². The molecule has 3 saturated heterocycles. The van der Waals surface area contributed by atoms with E-state index in [0.29, 0.717) is 12.0 Å². The van der Waals surface area contributed by atoms with Gasteiger partial charge in [0.05, 0.1) is 0 Å². The monoisotopic (exact) mass is 294 g/mol. The van der Waals surface area contributed by atoms with Gasteiger partial charge >= 0.3 is 0 Å². The minimum absolute atomic E-state index is 0.289. The van der Waals surface area contributed by atoms with Crippen molar-refractivity contribution in [1.82, 2.24) is 9.88 Å². The van der Waals surface area contributed by atoms with Crippen molar-refractivity contribution < 1.29 is 4.74 Å². The number of ether oxygens (including phenoxy) is 1. The predicted octanol–water partition coefficient (Wildman–Crippen LogP) is 3.61. The first-order chi connectivity index (χ1) is 10.8. The molecule has 3 aliphatic heterocycles. The van der Waals surface area contributed by atoms with Crippen LogP contribution in [0.15, 0.2) is 48.7 Å². The van der Waals surface area contributed by atoms with Gasteiger partial charge < -0.3 is 4.74 Å². The molecule has 22 heavy (non-hydrogen) atoms. The third-order valence-electron chi connectivity index (χ3n) is 5.19. The van der Waals surface area contributed by atoms with Crippen LogP contribution in [0.5, 0.6) is 5.88 Å². The zero-order valence-electron chi connectivity index (χ0n) is 13.0. The standard InChI is InChI=1S/C19H22N2O/c1-14-19(16-9-11-21(14)12-10-16)22-18-8-7-17(13-20-18)15-5-3-2-4-6-15/h2-8,13-14,16,19H,9-12H2,1H3/t14-,19-/m0/s1. The molecule has 114 valence electrons. The molecule has 0 saturated carbocycles. The van der Waals surface area contributed by atoms with Crippen LogP contribution in [-0.2, 0) is 0 Å². The molecule has 4 heterocycles. The Hall–Kier alpha value is -1.87. The van der Waals surface area contributed by atoms with Gasteiger partial charge in [-0.1, -0.05) is 30.3 Å². The molecule has 3 heteroatoms. The molecule has 1 aromatic heterocycles. The molecule has 5 rings (SSSR count). The van der Waals surface area contributed by atoms with Crippen molar-refractivity contribution in [3.05, 3.63) is 48.7 Å². The summed E-state index contributed by atoms with van der Waals surface area (Å²) in [4.78, 5) is 7.07. The summed E-state index contributed by atoms with van der Waals surface area (Å²) in [5, 5.41) is 0. The van der Waals surface area contributed by atoms with E-state index in [2.05, 4.69) is 47.1 Å². The fraction of sp³-hybridized carbons (Fsp3) is 0.421. The van der Waals surface area contributed by atoms with Crippen molar-refractivity contribution >= 4 is 0 Å². The lowest BCUT2D eigenvalue weighted by Gasteiger charge is -2.49. The van der Waals surface area contributed by atoms with Gasteiger partial charge in [-0.25, -0.2) is 4.98 Å². The van der Waals surface area contributed by atoms with E-state index in [4.69, 9.17) is 4.74 Å². The number of nitrogens with zero attached hydrogens (tertiary/aromatic N) is 2. The summed E-state index contributed by atoms with van der Waals surface area (Å²) in [6.45, 7) is 4.74. The van der Waals surface area contributed by atoms with Crippen molar-refractivity contribution in [1.29, 1.82) is 0 Å². The summed E-state index contributed by atoms with van der Waals surface area (Å²) in [5.74, 6) is 1.45. The van der Waals surface area contributed by atoms with Gasteiger partial charge in [0.25, 0.3) is 0 Å². The minimum atomic E-state index is 0.289. The maximum absolute atomic E-state index is 6.24. The second kappa shape index (κ2) is 5.73. The van der Waals surface area contributed by atoms with E-state index in [1.807, 2.05) is 18.3 Å². The Labute approximate surface area is 131 Å². The number of benzene rings is 1. The van der Waals surface area contributed by atoms with E-state index >= 15 is 0 Å². The molecule has 1 aromatic carbocycles. The molecule has 2 atom stereocenters. The van der Waals surface area contributed by atoms with Gasteiger partial charge in [-0.3, -0.25) is 4.90 Å². The van der Waals surface area contributed by atoms with Crippen LogP contribution < -0.4 is 4.74 Å². The minimum Gasteiger partial charge on any atom is -0.472 e. The molecule has 3 fully saturated rings. The van der Waals surface area contributed by atoms with Crippen LogP contribution in [0, 0.1) is 5.92 Å². The second-order valence-corrected chi connectivity index (χ2v) is 6.45. The first-order valence-corrected chi connectivity index (χ1v) is 8.23. The lowest BCUT2D eigenvalue weighted by molar-refractivity contribution is -0.0525. The molecule has 0 spiro atoms. The molecule has 2 bridgehead atoms. The topological polar surface area (TPSA) is 25.4 Å². The van der Waals surface area contributed by atoms with Crippen LogP contribution in [0.3, 0.4) is 0 Å². The van der Waals surface area contributed by atoms with Gasteiger partial charge in [0.2, 0.25) is 5.88 Å². The van der Waals surface area contributed by atoms with E-state index < -0.39 is 0 Å². The van der Waals surface area contributed by atoms with Crippen molar-refractivity contribution in [2.45, 2.75) is 31.9 Å². The molecule has 3 nitrogen and oxygen atoms in total. The highest BCUT2D eigenvalue weighted by atomic mass is 16.5. The van der Waals surface area contributed by atoms with Crippen LogP contribution in [0.2, 0.25) is 0 Å². The molecule has 2 aromatic rings. The van der Waals surface area contributed by atoms with E-state index in [0.717, 1.165) is 11.4 Å². The van der Waals surface area contributed by atoms with Gasteiger partial charge in [0.1, 0.15) is 6.10 Å². The van der Waals surface area contributed by atoms with Crippen molar-refractivity contribution in [2.24, 2.45) is 5.92 Å². The molecule has 0 aliphatic carbocycles. The number of fused-ring (bicyclic) bond motifs is 3. The number of piperidine rings is 3.